The first-order chi connectivity index (χ1) is 16.0. The lowest BCUT2D eigenvalue weighted by molar-refractivity contribution is -0.122. The van der Waals surface area contributed by atoms with Crippen LogP contribution in [0.1, 0.15) is 31.9 Å². The number of benzene rings is 3. The molecule has 0 bridgehead atoms. The Labute approximate surface area is 205 Å². The van der Waals surface area contributed by atoms with Crippen LogP contribution in [-0.4, -0.2) is 27.0 Å². The quantitative estimate of drug-likeness (QED) is 0.512. The largest absolute Gasteiger partial charge is 0.476 e. The molecule has 8 heteroatoms. The summed E-state index contributed by atoms with van der Waals surface area (Å²) in [4.78, 5) is 13.3. The molecule has 1 amide bonds. The summed E-state index contributed by atoms with van der Waals surface area (Å²) in [5.74, 6) is -0.120. The summed E-state index contributed by atoms with van der Waals surface area (Å²) in [7, 11) is -3.94. The minimum atomic E-state index is -3.94. The highest BCUT2D eigenvalue weighted by Crippen LogP contribution is 2.40. The van der Waals surface area contributed by atoms with Gasteiger partial charge in [0.1, 0.15) is 5.75 Å². The molecule has 1 N–H and O–H groups in total. The maximum atomic E-state index is 13.7. The van der Waals surface area contributed by atoms with Crippen LogP contribution in [0.25, 0.3) is 0 Å². The van der Waals surface area contributed by atoms with Gasteiger partial charge in [-0.25, -0.2) is 8.42 Å². The van der Waals surface area contributed by atoms with Crippen LogP contribution in [0.15, 0.2) is 71.6 Å². The Morgan fingerprint density at radius 3 is 2.44 bits per heavy atom. The monoisotopic (exact) mass is 498 g/mol. The third kappa shape index (κ3) is 4.63. The standard InChI is InChI=1S/C26H27ClN2O4S/c1-17-20(27)11-8-12-21(17)28-25(30)24-16-29(34(31,32)19-9-6-5-7-10-19)22-15-18(26(2,3)4)13-14-23(22)33-24/h5-15,24H,16H2,1-4H3,(H,28,30)/t24-/m1/s1. The zero-order chi connectivity index (χ0) is 24.7. The molecular formula is C26H27ClN2O4S. The average molecular weight is 499 g/mol. The lowest BCUT2D eigenvalue weighted by Gasteiger charge is -2.36. The van der Waals surface area contributed by atoms with Gasteiger partial charge in [-0.15, -0.1) is 0 Å². The SMILES string of the molecule is Cc1c(Cl)cccc1NC(=O)[C@H]1CN(S(=O)(=O)c2ccccc2)c2cc(C(C)(C)C)ccc2O1. The summed E-state index contributed by atoms with van der Waals surface area (Å²) in [6, 6.07) is 18.9. The summed E-state index contributed by atoms with van der Waals surface area (Å²) in [5, 5.41) is 3.35. The van der Waals surface area contributed by atoms with Gasteiger partial charge >= 0.3 is 0 Å². The predicted octanol–water partition coefficient (Wildman–Crippen LogP) is 5.54. The van der Waals surface area contributed by atoms with E-state index >= 15 is 0 Å². The summed E-state index contributed by atoms with van der Waals surface area (Å²) >= 11 is 6.18. The minimum Gasteiger partial charge on any atom is -0.476 e. The van der Waals surface area contributed by atoms with Crippen LogP contribution in [0.5, 0.6) is 5.75 Å². The molecule has 4 rings (SSSR count). The number of carbonyl (C=O) groups excluding carboxylic acids is 1. The maximum Gasteiger partial charge on any atom is 0.267 e. The number of halogens is 1. The normalized spacial score (nSPS) is 15.9. The first kappa shape index (κ1) is 24.1. The second-order valence-electron chi connectivity index (χ2n) is 9.29. The predicted molar refractivity (Wildman–Crippen MR) is 135 cm³/mol. The maximum absolute atomic E-state index is 13.7. The summed E-state index contributed by atoms with van der Waals surface area (Å²) < 4.78 is 34.6. The molecule has 0 saturated carbocycles. The van der Waals surface area contributed by atoms with Gasteiger partial charge < -0.3 is 10.1 Å². The Kier molecular flexibility index (Phi) is 6.36. The van der Waals surface area contributed by atoms with Crippen molar-refractivity contribution in [3.05, 3.63) is 82.9 Å². The van der Waals surface area contributed by atoms with Crippen molar-refractivity contribution in [2.45, 2.75) is 44.1 Å². The van der Waals surface area contributed by atoms with Crippen LogP contribution in [0.2, 0.25) is 5.02 Å². The van der Waals surface area contributed by atoms with E-state index in [1.165, 1.54) is 4.31 Å². The van der Waals surface area contributed by atoms with Crippen LogP contribution in [0.3, 0.4) is 0 Å². The Morgan fingerprint density at radius 1 is 1.06 bits per heavy atom. The summed E-state index contributed by atoms with van der Waals surface area (Å²) in [6.07, 6.45) is -1.05. The highest BCUT2D eigenvalue weighted by molar-refractivity contribution is 7.92. The van der Waals surface area contributed by atoms with Crippen LogP contribution in [0, 0.1) is 6.92 Å². The number of anilines is 2. The van der Waals surface area contributed by atoms with E-state index in [1.807, 2.05) is 12.1 Å². The molecule has 0 fully saturated rings. The fourth-order valence-corrected chi connectivity index (χ4v) is 5.42. The topological polar surface area (TPSA) is 75.7 Å². The third-order valence-electron chi connectivity index (χ3n) is 5.84. The Morgan fingerprint density at radius 2 is 1.76 bits per heavy atom. The second-order valence-corrected chi connectivity index (χ2v) is 11.6. The summed E-state index contributed by atoms with van der Waals surface area (Å²) in [5.41, 5.74) is 2.44. The number of hydrogen-bond acceptors (Lipinski definition) is 4. The fourth-order valence-electron chi connectivity index (χ4n) is 3.76. The van der Waals surface area contributed by atoms with Gasteiger partial charge in [0.05, 0.1) is 17.1 Å². The molecule has 1 aliphatic heterocycles. The molecule has 178 valence electrons. The van der Waals surface area contributed by atoms with Gasteiger partial charge in [0.2, 0.25) is 0 Å². The molecule has 6 nitrogen and oxygen atoms in total. The highest BCUT2D eigenvalue weighted by atomic mass is 35.5. The molecule has 0 saturated heterocycles. The van der Waals surface area contributed by atoms with E-state index in [0.717, 1.165) is 11.1 Å². The molecule has 1 heterocycles. The summed E-state index contributed by atoms with van der Waals surface area (Å²) in [6.45, 7) is 7.80. The van der Waals surface area contributed by atoms with Crippen molar-refractivity contribution in [3.8, 4) is 5.75 Å². The first-order valence-electron chi connectivity index (χ1n) is 10.9. The fraction of sp³-hybridized carbons (Fsp3) is 0.269. The number of amides is 1. The van der Waals surface area contributed by atoms with E-state index in [2.05, 4.69) is 26.1 Å². The van der Waals surface area contributed by atoms with Crippen molar-refractivity contribution >= 4 is 38.9 Å². The van der Waals surface area contributed by atoms with Crippen molar-refractivity contribution < 1.29 is 17.9 Å². The number of carbonyl (C=O) groups is 1. The Balaban J connectivity index is 1.75. The number of nitrogens with one attached hydrogen (secondary N) is 1. The van der Waals surface area contributed by atoms with E-state index in [4.69, 9.17) is 16.3 Å². The highest BCUT2D eigenvalue weighted by Gasteiger charge is 2.38. The lowest BCUT2D eigenvalue weighted by atomic mass is 9.86. The van der Waals surface area contributed by atoms with E-state index in [1.54, 1.807) is 61.5 Å². The molecule has 0 unspecified atom stereocenters. The van der Waals surface area contributed by atoms with E-state index in [-0.39, 0.29) is 16.9 Å². The van der Waals surface area contributed by atoms with Crippen LogP contribution in [0.4, 0.5) is 11.4 Å². The van der Waals surface area contributed by atoms with Gasteiger partial charge in [-0.05, 0) is 59.9 Å². The Bertz CT molecular complexity index is 1330. The molecule has 0 spiro atoms. The lowest BCUT2D eigenvalue weighted by Crippen LogP contribution is -2.49. The van der Waals surface area contributed by atoms with E-state index < -0.39 is 22.0 Å². The van der Waals surface area contributed by atoms with Crippen molar-refractivity contribution in [3.63, 3.8) is 0 Å². The van der Waals surface area contributed by atoms with Crippen LogP contribution in [-0.2, 0) is 20.2 Å². The molecule has 3 aromatic rings. The molecule has 0 radical (unpaired) electrons. The Hall–Kier alpha value is -3.03. The average Bonchev–Trinajstić information content (AvgIpc) is 2.80. The van der Waals surface area contributed by atoms with Gasteiger partial charge in [0, 0.05) is 10.7 Å². The molecule has 34 heavy (non-hydrogen) atoms. The number of rotatable bonds is 4. The van der Waals surface area contributed by atoms with E-state index in [0.29, 0.717) is 22.1 Å². The van der Waals surface area contributed by atoms with Crippen molar-refractivity contribution in [2.24, 2.45) is 0 Å². The molecule has 1 aliphatic rings. The number of sulfonamides is 1. The van der Waals surface area contributed by atoms with Crippen LogP contribution < -0.4 is 14.4 Å². The van der Waals surface area contributed by atoms with Crippen molar-refractivity contribution in [1.29, 1.82) is 0 Å². The molecule has 1 atom stereocenters. The van der Waals surface area contributed by atoms with Gasteiger partial charge in [0.25, 0.3) is 15.9 Å². The molecule has 3 aromatic carbocycles. The molecule has 0 aliphatic carbocycles. The first-order valence-corrected chi connectivity index (χ1v) is 12.8. The number of ether oxygens (including phenoxy) is 1. The van der Waals surface area contributed by atoms with Crippen LogP contribution >= 0.6 is 11.6 Å². The third-order valence-corrected chi connectivity index (χ3v) is 8.05. The number of hydrogen-bond donors (Lipinski definition) is 1. The zero-order valence-electron chi connectivity index (χ0n) is 19.5. The van der Waals surface area contributed by atoms with Gasteiger partial charge in [0.15, 0.2) is 6.10 Å². The zero-order valence-corrected chi connectivity index (χ0v) is 21.1. The number of fused-ring (bicyclic) bond motifs is 1. The van der Waals surface area contributed by atoms with Gasteiger partial charge in [-0.3, -0.25) is 9.10 Å². The van der Waals surface area contributed by atoms with Crippen molar-refractivity contribution in [2.75, 3.05) is 16.2 Å². The van der Waals surface area contributed by atoms with Gasteiger partial charge in [-0.2, -0.15) is 0 Å². The smallest absolute Gasteiger partial charge is 0.267 e. The van der Waals surface area contributed by atoms with E-state index in [9.17, 15) is 13.2 Å². The minimum absolute atomic E-state index is 0.147. The molecular weight excluding hydrogens is 472 g/mol. The number of nitrogens with zero attached hydrogens (tertiary/aromatic N) is 1. The van der Waals surface area contributed by atoms with Crippen molar-refractivity contribution in [1.82, 2.24) is 0 Å². The van der Waals surface area contributed by atoms with Gasteiger partial charge in [-0.1, -0.05) is 62.7 Å². The second kappa shape index (κ2) is 8.96. The molecule has 0 aromatic heterocycles.